The summed E-state index contributed by atoms with van der Waals surface area (Å²) in [6, 6.07) is 73.5. The molecule has 0 N–H and O–H groups in total. The van der Waals surface area contributed by atoms with E-state index in [0.29, 0.717) is 0 Å². The van der Waals surface area contributed by atoms with Gasteiger partial charge in [-0.2, -0.15) is 0 Å². The quantitative estimate of drug-likeness (QED) is 0.164. The van der Waals surface area contributed by atoms with E-state index < -0.39 is 0 Å². The largest absolute Gasteiger partial charge is 0.310 e. The lowest BCUT2D eigenvalue weighted by atomic mass is 9.92. The van der Waals surface area contributed by atoms with E-state index in [9.17, 15) is 0 Å². The van der Waals surface area contributed by atoms with Crippen molar-refractivity contribution in [2.75, 3.05) is 4.90 Å². The van der Waals surface area contributed by atoms with Crippen LogP contribution in [0, 0.1) is 0 Å². The van der Waals surface area contributed by atoms with Gasteiger partial charge >= 0.3 is 0 Å². The zero-order valence-corrected chi connectivity index (χ0v) is 31.4. The standard InChI is InChI=1S/C52H33NS2/c1-2-12-36(13-3-1)48-32-40(27-29-42(48)46-17-10-18-47-44-16-7-9-20-50(44)55-52(46)47)53(41-28-30-45-43-15-6-8-19-49(43)54-51(45)33-41)39-25-23-35(24-26-39)38-22-21-34-11-4-5-14-37(34)31-38/h1-33H. The zero-order chi connectivity index (χ0) is 36.3. The van der Waals surface area contributed by atoms with Crippen molar-refractivity contribution in [2.24, 2.45) is 0 Å². The third-order valence-corrected chi connectivity index (χ3v) is 13.2. The van der Waals surface area contributed by atoms with Gasteiger partial charge < -0.3 is 4.90 Å². The zero-order valence-electron chi connectivity index (χ0n) is 29.8. The van der Waals surface area contributed by atoms with Crippen LogP contribution in [0.4, 0.5) is 17.1 Å². The highest BCUT2D eigenvalue weighted by atomic mass is 32.1. The van der Waals surface area contributed by atoms with Crippen molar-refractivity contribution in [3.63, 3.8) is 0 Å². The van der Waals surface area contributed by atoms with Crippen LogP contribution in [0.1, 0.15) is 0 Å². The van der Waals surface area contributed by atoms with Gasteiger partial charge in [-0.05, 0) is 93.2 Å². The van der Waals surface area contributed by atoms with Crippen molar-refractivity contribution in [1.29, 1.82) is 0 Å². The Balaban J connectivity index is 1.10. The second kappa shape index (κ2) is 13.1. The van der Waals surface area contributed by atoms with E-state index in [1.54, 1.807) is 0 Å². The van der Waals surface area contributed by atoms with Crippen LogP contribution in [0.2, 0.25) is 0 Å². The Morgan fingerprint density at radius 3 is 1.75 bits per heavy atom. The van der Waals surface area contributed by atoms with Crippen molar-refractivity contribution >= 4 is 90.9 Å². The minimum Gasteiger partial charge on any atom is -0.310 e. The molecule has 2 aromatic heterocycles. The molecule has 0 amide bonds. The van der Waals surface area contributed by atoms with Crippen LogP contribution >= 0.6 is 22.7 Å². The van der Waals surface area contributed by atoms with Gasteiger partial charge in [0.25, 0.3) is 0 Å². The molecule has 0 unspecified atom stereocenters. The molecule has 0 atom stereocenters. The van der Waals surface area contributed by atoms with Crippen molar-refractivity contribution in [1.82, 2.24) is 0 Å². The predicted octanol–water partition coefficient (Wildman–Crippen LogP) is 16.0. The third-order valence-electron chi connectivity index (χ3n) is 10.9. The molecule has 11 rings (SSSR count). The van der Waals surface area contributed by atoms with Crippen LogP contribution in [0.3, 0.4) is 0 Å². The molecule has 11 aromatic rings. The summed E-state index contributed by atoms with van der Waals surface area (Å²) in [6.45, 7) is 0. The first-order valence-electron chi connectivity index (χ1n) is 18.7. The van der Waals surface area contributed by atoms with E-state index in [1.807, 2.05) is 22.7 Å². The molecule has 258 valence electrons. The van der Waals surface area contributed by atoms with Gasteiger partial charge in [0.1, 0.15) is 0 Å². The van der Waals surface area contributed by atoms with Gasteiger partial charge in [-0.3, -0.25) is 0 Å². The number of nitrogens with zero attached hydrogens (tertiary/aromatic N) is 1. The number of hydrogen-bond acceptors (Lipinski definition) is 3. The second-order valence-corrected chi connectivity index (χ2v) is 16.2. The average molecular weight is 736 g/mol. The minimum absolute atomic E-state index is 1.11. The molecule has 9 aromatic carbocycles. The Hall–Kier alpha value is -6.52. The number of fused-ring (bicyclic) bond motifs is 7. The Morgan fingerprint density at radius 2 is 0.909 bits per heavy atom. The Labute approximate surface area is 327 Å². The lowest BCUT2D eigenvalue weighted by Crippen LogP contribution is -2.10. The summed E-state index contributed by atoms with van der Waals surface area (Å²) in [7, 11) is 0. The van der Waals surface area contributed by atoms with Gasteiger partial charge in [0.05, 0.1) is 0 Å². The Kier molecular flexibility index (Phi) is 7.61. The first kappa shape index (κ1) is 32.0. The van der Waals surface area contributed by atoms with Crippen LogP contribution in [0.15, 0.2) is 200 Å². The van der Waals surface area contributed by atoms with E-state index >= 15 is 0 Å². The topological polar surface area (TPSA) is 3.24 Å². The van der Waals surface area contributed by atoms with E-state index in [4.69, 9.17) is 0 Å². The molecule has 2 heterocycles. The molecule has 0 bridgehead atoms. The number of anilines is 3. The van der Waals surface area contributed by atoms with Crippen LogP contribution in [-0.2, 0) is 0 Å². The van der Waals surface area contributed by atoms with Crippen LogP contribution in [0.25, 0.3) is 84.5 Å². The number of hydrogen-bond donors (Lipinski definition) is 0. The van der Waals surface area contributed by atoms with Crippen molar-refractivity contribution in [3.8, 4) is 33.4 Å². The highest BCUT2D eigenvalue weighted by Crippen LogP contribution is 2.46. The highest BCUT2D eigenvalue weighted by Gasteiger charge is 2.20. The Morgan fingerprint density at radius 1 is 0.291 bits per heavy atom. The molecular formula is C52H33NS2. The van der Waals surface area contributed by atoms with Crippen molar-refractivity contribution in [2.45, 2.75) is 0 Å². The van der Waals surface area contributed by atoms with E-state index in [0.717, 1.165) is 17.1 Å². The van der Waals surface area contributed by atoms with E-state index in [2.05, 4.69) is 205 Å². The van der Waals surface area contributed by atoms with Crippen molar-refractivity contribution in [3.05, 3.63) is 200 Å². The maximum Gasteiger partial charge on any atom is 0.0476 e. The summed E-state index contributed by atoms with van der Waals surface area (Å²) in [6.07, 6.45) is 0. The fourth-order valence-electron chi connectivity index (χ4n) is 8.19. The van der Waals surface area contributed by atoms with E-state index in [1.165, 1.54) is 84.5 Å². The lowest BCUT2D eigenvalue weighted by Gasteiger charge is -2.27. The maximum atomic E-state index is 2.42. The average Bonchev–Trinajstić information content (AvgIpc) is 3.82. The van der Waals surface area contributed by atoms with Gasteiger partial charge in [-0.15, -0.1) is 22.7 Å². The van der Waals surface area contributed by atoms with Crippen molar-refractivity contribution < 1.29 is 0 Å². The van der Waals surface area contributed by atoms with Crippen LogP contribution < -0.4 is 4.90 Å². The van der Waals surface area contributed by atoms with E-state index in [-0.39, 0.29) is 0 Å². The van der Waals surface area contributed by atoms with Crippen LogP contribution in [0.5, 0.6) is 0 Å². The van der Waals surface area contributed by atoms with Gasteiger partial charge in [0, 0.05) is 63.0 Å². The Bertz CT molecular complexity index is 3210. The molecule has 0 aliphatic rings. The van der Waals surface area contributed by atoms with Gasteiger partial charge in [-0.25, -0.2) is 0 Å². The minimum atomic E-state index is 1.11. The van der Waals surface area contributed by atoms with Crippen LogP contribution in [-0.4, -0.2) is 0 Å². The smallest absolute Gasteiger partial charge is 0.0476 e. The normalized spacial score (nSPS) is 11.6. The summed E-state index contributed by atoms with van der Waals surface area (Å²) in [5.41, 5.74) is 10.7. The molecule has 0 aliphatic heterocycles. The summed E-state index contributed by atoms with van der Waals surface area (Å²) in [5.74, 6) is 0. The molecule has 0 radical (unpaired) electrons. The van der Waals surface area contributed by atoms with Gasteiger partial charge in [0.15, 0.2) is 0 Å². The summed E-state index contributed by atoms with van der Waals surface area (Å²) in [4.78, 5) is 2.42. The molecular weight excluding hydrogens is 703 g/mol. The molecule has 0 saturated heterocycles. The number of rotatable bonds is 6. The molecule has 0 saturated carbocycles. The van der Waals surface area contributed by atoms with Gasteiger partial charge in [0.2, 0.25) is 0 Å². The third kappa shape index (κ3) is 5.51. The molecule has 1 nitrogen and oxygen atoms in total. The number of thiophene rings is 2. The highest BCUT2D eigenvalue weighted by molar-refractivity contribution is 7.26. The fourth-order valence-corrected chi connectivity index (χ4v) is 10.6. The summed E-state index contributed by atoms with van der Waals surface area (Å²) < 4.78 is 5.24. The molecule has 55 heavy (non-hydrogen) atoms. The summed E-state index contributed by atoms with van der Waals surface area (Å²) >= 11 is 3.75. The maximum absolute atomic E-state index is 2.42. The summed E-state index contributed by atoms with van der Waals surface area (Å²) in [5, 5.41) is 7.75. The van der Waals surface area contributed by atoms with Gasteiger partial charge in [-0.1, -0.05) is 146 Å². The first-order valence-corrected chi connectivity index (χ1v) is 20.3. The molecule has 0 spiro atoms. The second-order valence-electron chi connectivity index (χ2n) is 14.1. The number of benzene rings is 9. The molecule has 0 fully saturated rings. The lowest BCUT2D eigenvalue weighted by molar-refractivity contribution is 1.29. The first-order chi connectivity index (χ1) is 27.2. The predicted molar refractivity (Wildman–Crippen MR) is 241 cm³/mol. The molecule has 3 heteroatoms. The SMILES string of the molecule is c1ccc(-c2cc(N(c3ccc(-c4ccc5ccccc5c4)cc3)c3ccc4c(c3)sc3ccccc34)ccc2-c2cccc3c2sc2ccccc23)cc1. The molecule has 0 aliphatic carbocycles. The monoisotopic (exact) mass is 735 g/mol. The fraction of sp³-hybridized carbons (Fsp3) is 0.